The van der Waals surface area contributed by atoms with Gasteiger partial charge in [0.05, 0.1) is 11.7 Å². The highest BCUT2D eigenvalue weighted by molar-refractivity contribution is 5.95. The van der Waals surface area contributed by atoms with E-state index in [4.69, 9.17) is 15.5 Å². The maximum atomic E-state index is 9.01. The van der Waals surface area contributed by atoms with Crippen LogP contribution >= 0.6 is 0 Å². The van der Waals surface area contributed by atoms with E-state index < -0.39 is 0 Å². The predicted molar refractivity (Wildman–Crippen MR) is 125 cm³/mol. The lowest BCUT2D eigenvalue weighted by Gasteiger charge is -2.36. The van der Waals surface area contributed by atoms with Crippen LogP contribution in [0.2, 0.25) is 0 Å². The molecule has 2 aliphatic rings. The summed E-state index contributed by atoms with van der Waals surface area (Å²) in [6.07, 6.45) is 6.41. The zero-order valence-electron chi connectivity index (χ0n) is 19.0. The van der Waals surface area contributed by atoms with E-state index in [2.05, 4.69) is 51.4 Å². The molecule has 10 heteroatoms. The van der Waals surface area contributed by atoms with Crippen molar-refractivity contribution in [3.8, 4) is 0 Å². The molecule has 0 amide bonds. The lowest BCUT2D eigenvalue weighted by atomic mass is 9.98. The van der Waals surface area contributed by atoms with Gasteiger partial charge in [-0.15, -0.1) is 5.10 Å². The smallest absolute Gasteiger partial charge is 0.180 e. The van der Waals surface area contributed by atoms with E-state index in [0.29, 0.717) is 23.1 Å². The summed E-state index contributed by atoms with van der Waals surface area (Å²) in [5.41, 5.74) is 4.30. The number of piperidine rings is 1. The summed E-state index contributed by atoms with van der Waals surface area (Å²) >= 11 is 0. The van der Waals surface area contributed by atoms with Crippen LogP contribution in [0, 0.1) is 18.3 Å². The number of nitrogens with one attached hydrogen (secondary N) is 1. The largest absolute Gasteiger partial charge is 0.356 e. The SMILES string of the molecule is Cc1cn2nc([C@@H]3CCCCN3C(=N)c3cccc4nnnn34)cc2nc1N1CC[C@H](C)C1. The Labute approximate surface area is 191 Å². The molecule has 4 aromatic heterocycles. The van der Waals surface area contributed by atoms with Gasteiger partial charge in [0.15, 0.2) is 11.3 Å². The number of tetrazole rings is 1. The van der Waals surface area contributed by atoms with Crippen molar-refractivity contribution in [2.75, 3.05) is 24.5 Å². The molecule has 0 spiro atoms. The number of likely N-dealkylation sites (tertiary alicyclic amines) is 1. The summed E-state index contributed by atoms with van der Waals surface area (Å²) in [6.45, 7) is 7.33. The summed E-state index contributed by atoms with van der Waals surface area (Å²) in [7, 11) is 0. The van der Waals surface area contributed by atoms with Crippen molar-refractivity contribution < 1.29 is 0 Å². The maximum Gasteiger partial charge on any atom is 0.180 e. The molecule has 2 saturated heterocycles. The molecule has 2 fully saturated rings. The number of nitrogens with zero attached hydrogens (tertiary/aromatic N) is 9. The summed E-state index contributed by atoms with van der Waals surface area (Å²) in [4.78, 5) is 9.52. The number of anilines is 1. The topological polar surface area (TPSA) is 104 Å². The van der Waals surface area contributed by atoms with E-state index in [1.165, 1.54) is 6.42 Å². The van der Waals surface area contributed by atoms with Crippen LogP contribution in [0.5, 0.6) is 0 Å². The minimum atomic E-state index is 0.0234. The molecule has 2 atom stereocenters. The highest BCUT2D eigenvalue weighted by Crippen LogP contribution is 2.33. The van der Waals surface area contributed by atoms with Gasteiger partial charge in [0.25, 0.3) is 0 Å². The number of amidine groups is 1. The Kier molecular flexibility index (Phi) is 4.74. The highest BCUT2D eigenvalue weighted by atomic mass is 15.5. The molecular weight excluding hydrogens is 416 g/mol. The molecule has 170 valence electrons. The molecule has 0 saturated carbocycles. The Balaban J connectivity index is 1.35. The molecule has 0 unspecified atom stereocenters. The van der Waals surface area contributed by atoms with Gasteiger partial charge >= 0.3 is 0 Å². The van der Waals surface area contributed by atoms with E-state index >= 15 is 0 Å². The first kappa shape index (κ1) is 20.1. The van der Waals surface area contributed by atoms with Crippen molar-refractivity contribution in [3.05, 3.63) is 47.4 Å². The zero-order chi connectivity index (χ0) is 22.5. The average molecular weight is 445 g/mol. The Morgan fingerprint density at radius 2 is 2.03 bits per heavy atom. The predicted octanol–water partition coefficient (Wildman–Crippen LogP) is 2.87. The summed E-state index contributed by atoms with van der Waals surface area (Å²) in [6, 6.07) is 7.76. The summed E-state index contributed by atoms with van der Waals surface area (Å²) < 4.78 is 3.53. The van der Waals surface area contributed by atoms with Gasteiger partial charge in [0.1, 0.15) is 17.3 Å². The van der Waals surface area contributed by atoms with E-state index in [0.717, 1.165) is 61.6 Å². The van der Waals surface area contributed by atoms with Gasteiger partial charge in [-0.1, -0.05) is 13.0 Å². The number of aryl methyl sites for hydroxylation is 1. The third-order valence-electron chi connectivity index (χ3n) is 6.94. The van der Waals surface area contributed by atoms with Crippen LogP contribution in [0.25, 0.3) is 11.3 Å². The van der Waals surface area contributed by atoms with Crippen LogP contribution in [0.4, 0.5) is 5.82 Å². The molecule has 0 radical (unpaired) electrons. The second kappa shape index (κ2) is 7.79. The molecule has 33 heavy (non-hydrogen) atoms. The van der Waals surface area contributed by atoms with E-state index in [-0.39, 0.29) is 6.04 Å². The number of hydrogen-bond acceptors (Lipinski definition) is 7. The van der Waals surface area contributed by atoms with Gasteiger partial charge in [-0.2, -0.15) is 9.61 Å². The molecule has 0 bridgehead atoms. The third-order valence-corrected chi connectivity index (χ3v) is 6.94. The Bertz CT molecular complexity index is 1340. The number of pyridine rings is 1. The second-order valence-electron chi connectivity index (χ2n) is 9.37. The molecule has 1 N–H and O–H groups in total. The summed E-state index contributed by atoms with van der Waals surface area (Å²) in [5, 5.41) is 25.8. The first-order chi connectivity index (χ1) is 16.1. The molecule has 6 rings (SSSR count). The minimum Gasteiger partial charge on any atom is -0.356 e. The van der Waals surface area contributed by atoms with Gasteiger partial charge < -0.3 is 9.80 Å². The lowest BCUT2D eigenvalue weighted by molar-refractivity contribution is 0.238. The molecular formula is C23H28N10. The molecule has 4 aromatic rings. The number of aromatic nitrogens is 7. The first-order valence-electron chi connectivity index (χ1n) is 11.7. The summed E-state index contributed by atoms with van der Waals surface area (Å²) in [5.74, 6) is 2.19. The fraction of sp³-hybridized carbons (Fsp3) is 0.478. The Hall–Kier alpha value is -3.56. The monoisotopic (exact) mass is 444 g/mol. The van der Waals surface area contributed by atoms with Gasteiger partial charge in [0, 0.05) is 37.5 Å². The van der Waals surface area contributed by atoms with Crippen molar-refractivity contribution in [2.24, 2.45) is 5.92 Å². The third kappa shape index (κ3) is 3.40. The normalized spacial score (nSPS) is 21.4. The number of hydrogen-bond donors (Lipinski definition) is 1. The first-order valence-corrected chi connectivity index (χ1v) is 11.7. The van der Waals surface area contributed by atoms with Crippen molar-refractivity contribution >= 4 is 22.9 Å². The van der Waals surface area contributed by atoms with Crippen LogP contribution in [-0.4, -0.2) is 65.0 Å². The van der Waals surface area contributed by atoms with Crippen molar-refractivity contribution in [3.63, 3.8) is 0 Å². The highest BCUT2D eigenvalue weighted by Gasteiger charge is 2.30. The number of fused-ring (bicyclic) bond motifs is 2. The van der Waals surface area contributed by atoms with E-state index in [1.807, 2.05) is 22.7 Å². The molecule has 10 nitrogen and oxygen atoms in total. The van der Waals surface area contributed by atoms with E-state index in [9.17, 15) is 0 Å². The maximum absolute atomic E-state index is 9.01. The van der Waals surface area contributed by atoms with Crippen molar-refractivity contribution in [1.29, 1.82) is 5.41 Å². The van der Waals surface area contributed by atoms with Crippen molar-refractivity contribution in [1.82, 2.24) is 39.5 Å². The Morgan fingerprint density at radius 1 is 1.12 bits per heavy atom. The molecule has 0 aromatic carbocycles. The van der Waals surface area contributed by atoms with Crippen LogP contribution in [0.1, 0.15) is 55.6 Å². The zero-order valence-corrected chi connectivity index (χ0v) is 19.0. The lowest BCUT2D eigenvalue weighted by Crippen LogP contribution is -2.39. The van der Waals surface area contributed by atoms with Gasteiger partial charge in [-0.25, -0.2) is 9.50 Å². The standard InChI is InChI=1S/C23H28N10/c1-15-9-11-30(13-15)23-16(2)14-32-21(25-23)12-17(27-32)18-6-3-4-10-31(18)22(24)19-7-5-8-20-26-28-29-33(19)20/h5,7-8,12,14-15,18,24H,3-4,6,9-11,13H2,1-2H3/t15-,18-/m0/s1. The molecule has 2 aliphatic heterocycles. The van der Waals surface area contributed by atoms with Gasteiger partial charge in [-0.05, 0) is 61.1 Å². The van der Waals surface area contributed by atoms with Crippen LogP contribution in [-0.2, 0) is 0 Å². The fourth-order valence-electron chi connectivity index (χ4n) is 5.23. The van der Waals surface area contributed by atoms with Crippen LogP contribution in [0.3, 0.4) is 0 Å². The van der Waals surface area contributed by atoms with Gasteiger partial charge in [-0.3, -0.25) is 5.41 Å². The average Bonchev–Trinajstić information content (AvgIpc) is 3.57. The van der Waals surface area contributed by atoms with E-state index in [1.54, 1.807) is 4.52 Å². The molecule has 0 aliphatic carbocycles. The van der Waals surface area contributed by atoms with Gasteiger partial charge in [0.2, 0.25) is 0 Å². The number of rotatable bonds is 3. The van der Waals surface area contributed by atoms with Crippen LogP contribution < -0.4 is 4.90 Å². The van der Waals surface area contributed by atoms with Crippen LogP contribution in [0.15, 0.2) is 30.5 Å². The molecule has 6 heterocycles. The quantitative estimate of drug-likeness (QED) is 0.383. The second-order valence-corrected chi connectivity index (χ2v) is 9.37. The van der Waals surface area contributed by atoms with Crippen molar-refractivity contribution in [2.45, 2.75) is 45.6 Å². The Morgan fingerprint density at radius 3 is 2.88 bits per heavy atom. The fourth-order valence-corrected chi connectivity index (χ4v) is 5.23. The minimum absolute atomic E-state index is 0.0234.